The van der Waals surface area contributed by atoms with E-state index in [2.05, 4.69) is 15.5 Å². The topological polar surface area (TPSA) is 105 Å². The van der Waals surface area contributed by atoms with Gasteiger partial charge in [-0.3, -0.25) is 9.59 Å². The lowest BCUT2D eigenvalue weighted by atomic mass is 9.89. The highest BCUT2D eigenvalue weighted by atomic mass is 16.5. The number of aromatic nitrogens is 2. The zero-order chi connectivity index (χ0) is 19.1. The van der Waals surface area contributed by atoms with Gasteiger partial charge in [-0.2, -0.15) is 0 Å². The second kappa shape index (κ2) is 6.70. The Labute approximate surface area is 152 Å². The number of nitrogens with zero attached hydrogens (tertiary/aromatic N) is 2. The van der Waals surface area contributed by atoms with Crippen LogP contribution in [-0.4, -0.2) is 33.7 Å². The fourth-order valence-electron chi connectivity index (χ4n) is 2.84. The molecule has 1 saturated carbocycles. The lowest BCUT2D eigenvalue weighted by Gasteiger charge is -2.19. The predicted molar refractivity (Wildman–Crippen MR) is 96.2 cm³/mol. The van der Waals surface area contributed by atoms with Crippen LogP contribution in [0.5, 0.6) is 0 Å². The molecule has 1 amide bonds. The van der Waals surface area contributed by atoms with Crippen molar-refractivity contribution in [3.63, 3.8) is 0 Å². The number of carboxylic acid groups (broad SMARTS) is 1. The Hall–Kier alpha value is -2.44. The Balaban J connectivity index is 1.88. The van der Waals surface area contributed by atoms with Gasteiger partial charge in [0.2, 0.25) is 0 Å². The summed E-state index contributed by atoms with van der Waals surface area (Å²) >= 11 is 0. The maximum atomic E-state index is 12.8. The van der Waals surface area contributed by atoms with E-state index in [1.165, 1.54) is 0 Å². The molecule has 7 heteroatoms. The Morgan fingerprint density at radius 1 is 1.38 bits per heavy atom. The Morgan fingerprint density at radius 3 is 2.65 bits per heavy atom. The standard InChI is InChI=1S/C19H25N3O4/c1-10(2)15-14-12(16(23)20-8-7-19(3,4)18(24)25)9-13(11-5-6-11)21-17(14)26-22-15/h9-11H,5-8H2,1-4H3,(H,20,23)(H,24,25). The van der Waals surface area contributed by atoms with Crippen LogP contribution in [0.15, 0.2) is 10.6 Å². The van der Waals surface area contributed by atoms with Gasteiger partial charge in [0, 0.05) is 18.2 Å². The van der Waals surface area contributed by atoms with Crippen LogP contribution in [0, 0.1) is 5.41 Å². The van der Waals surface area contributed by atoms with Gasteiger partial charge < -0.3 is 14.9 Å². The van der Waals surface area contributed by atoms with E-state index in [4.69, 9.17) is 4.52 Å². The SMILES string of the molecule is CC(C)c1noc2nc(C3CC3)cc(C(=O)NCCC(C)(C)C(=O)O)c12. The molecule has 0 unspecified atom stereocenters. The minimum absolute atomic E-state index is 0.0994. The van der Waals surface area contributed by atoms with E-state index in [9.17, 15) is 14.7 Å². The molecule has 26 heavy (non-hydrogen) atoms. The number of hydrogen-bond donors (Lipinski definition) is 2. The third-order valence-corrected chi connectivity index (χ3v) is 4.89. The van der Waals surface area contributed by atoms with Crippen molar-refractivity contribution in [1.29, 1.82) is 0 Å². The minimum atomic E-state index is -0.889. The number of carboxylic acids is 1. The van der Waals surface area contributed by atoms with Gasteiger partial charge in [0.15, 0.2) is 0 Å². The first kappa shape index (κ1) is 18.4. The zero-order valence-electron chi connectivity index (χ0n) is 15.6. The highest BCUT2D eigenvalue weighted by Gasteiger charge is 2.30. The molecule has 0 atom stereocenters. The van der Waals surface area contributed by atoms with Gasteiger partial charge in [0.05, 0.1) is 22.1 Å². The van der Waals surface area contributed by atoms with E-state index in [-0.39, 0.29) is 18.4 Å². The number of hydrogen-bond acceptors (Lipinski definition) is 5. The van der Waals surface area contributed by atoms with Crippen molar-refractivity contribution in [2.75, 3.05) is 6.54 Å². The van der Waals surface area contributed by atoms with E-state index >= 15 is 0 Å². The van der Waals surface area contributed by atoms with E-state index in [1.807, 2.05) is 19.9 Å². The van der Waals surface area contributed by atoms with Gasteiger partial charge in [-0.1, -0.05) is 19.0 Å². The molecular weight excluding hydrogens is 334 g/mol. The monoisotopic (exact) mass is 359 g/mol. The molecule has 2 heterocycles. The highest BCUT2D eigenvalue weighted by molar-refractivity contribution is 6.06. The number of amides is 1. The van der Waals surface area contributed by atoms with Crippen molar-refractivity contribution in [1.82, 2.24) is 15.5 Å². The second-order valence-electron chi connectivity index (χ2n) is 7.97. The molecule has 1 fully saturated rings. The average Bonchev–Trinajstić information content (AvgIpc) is 3.32. The molecule has 140 valence electrons. The number of carbonyl (C=O) groups is 2. The molecule has 1 aliphatic carbocycles. The number of fused-ring (bicyclic) bond motifs is 1. The van der Waals surface area contributed by atoms with E-state index < -0.39 is 11.4 Å². The fraction of sp³-hybridized carbons (Fsp3) is 0.579. The molecular formula is C19H25N3O4. The number of aliphatic carboxylic acids is 1. The quantitative estimate of drug-likeness (QED) is 0.784. The van der Waals surface area contributed by atoms with E-state index in [0.717, 1.165) is 18.5 Å². The molecule has 3 rings (SSSR count). The van der Waals surface area contributed by atoms with Crippen LogP contribution < -0.4 is 5.32 Å². The van der Waals surface area contributed by atoms with Crippen molar-refractivity contribution in [3.8, 4) is 0 Å². The molecule has 7 nitrogen and oxygen atoms in total. The summed E-state index contributed by atoms with van der Waals surface area (Å²) in [5.74, 6) is -0.646. The van der Waals surface area contributed by atoms with Gasteiger partial charge in [-0.25, -0.2) is 4.98 Å². The van der Waals surface area contributed by atoms with Crippen molar-refractivity contribution < 1.29 is 19.2 Å². The van der Waals surface area contributed by atoms with Crippen LogP contribution in [0.4, 0.5) is 0 Å². The summed E-state index contributed by atoms with van der Waals surface area (Å²) in [5.41, 5.74) is 1.59. The normalized spacial score (nSPS) is 14.8. The molecule has 0 spiro atoms. The van der Waals surface area contributed by atoms with Crippen molar-refractivity contribution in [2.24, 2.45) is 5.41 Å². The second-order valence-corrected chi connectivity index (χ2v) is 7.97. The van der Waals surface area contributed by atoms with Gasteiger partial charge in [0.1, 0.15) is 0 Å². The number of pyridine rings is 1. The first-order valence-corrected chi connectivity index (χ1v) is 9.02. The largest absolute Gasteiger partial charge is 0.481 e. The molecule has 0 saturated heterocycles. The Kier molecular flexibility index (Phi) is 4.73. The lowest BCUT2D eigenvalue weighted by molar-refractivity contribution is -0.147. The molecule has 2 aromatic heterocycles. The fourth-order valence-corrected chi connectivity index (χ4v) is 2.84. The molecule has 2 aromatic rings. The third kappa shape index (κ3) is 3.57. The Morgan fingerprint density at radius 2 is 2.08 bits per heavy atom. The summed E-state index contributed by atoms with van der Waals surface area (Å²) < 4.78 is 5.39. The molecule has 0 aliphatic heterocycles. The summed E-state index contributed by atoms with van der Waals surface area (Å²) in [6.45, 7) is 7.55. The molecule has 0 aromatic carbocycles. The van der Waals surface area contributed by atoms with Gasteiger partial charge in [-0.15, -0.1) is 0 Å². The lowest BCUT2D eigenvalue weighted by Crippen LogP contribution is -2.32. The van der Waals surface area contributed by atoms with Crippen LogP contribution in [0.1, 0.15) is 80.5 Å². The van der Waals surface area contributed by atoms with Gasteiger partial charge in [-0.05, 0) is 45.1 Å². The summed E-state index contributed by atoms with van der Waals surface area (Å²) in [5, 5.41) is 16.8. The number of carbonyl (C=O) groups excluding carboxylic acids is 1. The van der Waals surface area contributed by atoms with Gasteiger partial charge in [0.25, 0.3) is 11.6 Å². The maximum Gasteiger partial charge on any atom is 0.309 e. The van der Waals surface area contributed by atoms with Crippen LogP contribution in [0.2, 0.25) is 0 Å². The van der Waals surface area contributed by atoms with E-state index in [1.54, 1.807) is 13.8 Å². The summed E-state index contributed by atoms with van der Waals surface area (Å²) in [4.78, 5) is 28.6. The third-order valence-electron chi connectivity index (χ3n) is 4.89. The molecule has 2 N–H and O–H groups in total. The van der Waals surface area contributed by atoms with Crippen molar-refractivity contribution in [3.05, 3.63) is 23.0 Å². The van der Waals surface area contributed by atoms with Crippen molar-refractivity contribution >= 4 is 23.0 Å². The molecule has 0 radical (unpaired) electrons. The summed E-state index contributed by atoms with van der Waals surface area (Å²) in [6.07, 6.45) is 2.48. The smallest absolute Gasteiger partial charge is 0.309 e. The first-order valence-electron chi connectivity index (χ1n) is 9.02. The van der Waals surface area contributed by atoms with Crippen molar-refractivity contribution in [2.45, 2.75) is 58.8 Å². The van der Waals surface area contributed by atoms with Crippen LogP contribution in [0.25, 0.3) is 11.1 Å². The van der Waals surface area contributed by atoms with Crippen LogP contribution in [0.3, 0.4) is 0 Å². The van der Waals surface area contributed by atoms with Crippen LogP contribution >= 0.6 is 0 Å². The first-order chi connectivity index (χ1) is 12.2. The maximum absolute atomic E-state index is 12.8. The average molecular weight is 359 g/mol. The van der Waals surface area contributed by atoms with E-state index in [0.29, 0.717) is 34.7 Å². The zero-order valence-corrected chi connectivity index (χ0v) is 15.6. The highest BCUT2D eigenvalue weighted by Crippen LogP contribution is 2.41. The Bertz CT molecular complexity index is 850. The predicted octanol–water partition coefficient (Wildman–Crippen LogP) is 3.45. The number of nitrogens with one attached hydrogen (secondary N) is 1. The summed E-state index contributed by atoms with van der Waals surface area (Å²) in [7, 11) is 0. The molecule has 1 aliphatic rings. The number of rotatable bonds is 7. The molecule has 0 bridgehead atoms. The minimum Gasteiger partial charge on any atom is -0.481 e. The van der Waals surface area contributed by atoms with Crippen LogP contribution in [-0.2, 0) is 4.79 Å². The van der Waals surface area contributed by atoms with Gasteiger partial charge >= 0.3 is 5.97 Å². The summed E-state index contributed by atoms with van der Waals surface area (Å²) in [6, 6.07) is 1.83.